The summed E-state index contributed by atoms with van der Waals surface area (Å²) in [7, 11) is 0. The van der Waals surface area contributed by atoms with E-state index in [0.717, 1.165) is 51.4 Å². The van der Waals surface area contributed by atoms with E-state index >= 15 is 0 Å². The lowest BCUT2D eigenvalue weighted by atomic mass is 9.93. The molecule has 2 amide bonds. The van der Waals surface area contributed by atoms with Gasteiger partial charge >= 0.3 is 6.03 Å². The Morgan fingerprint density at radius 1 is 1.03 bits per heavy atom. The number of carbonyl (C=O) groups is 1. The van der Waals surface area contributed by atoms with E-state index in [9.17, 15) is 4.79 Å². The van der Waals surface area contributed by atoms with Crippen LogP contribution in [0.2, 0.25) is 0 Å². The van der Waals surface area contributed by atoms with Crippen molar-refractivity contribution in [1.82, 2.24) is 15.1 Å². The first kappa shape index (κ1) is 23.1. The summed E-state index contributed by atoms with van der Waals surface area (Å²) in [6.07, 6.45) is 3.48. The fourth-order valence-electron chi connectivity index (χ4n) is 5.00. The van der Waals surface area contributed by atoms with Gasteiger partial charge in [-0.05, 0) is 75.0 Å². The summed E-state index contributed by atoms with van der Waals surface area (Å²) in [6.45, 7) is 8.51. The fraction of sp³-hybridized carbons (Fsp3) is 0.481. The normalized spacial score (nSPS) is 19.8. The maximum atomic E-state index is 12.8. The van der Waals surface area contributed by atoms with Crippen molar-refractivity contribution < 1.29 is 4.79 Å². The number of carbonyl (C=O) groups excluding carboxylic acids is 1. The number of nitriles is 1. The molecule has 6 heteroatoms. The molecule has 174 valence electrons. The Hall–Kier alpha value is -3.04. The highest BCUT2D eigenvalue weighted by Gasteiger charge is 2.27. The van der Waals surface area contributed by atoms with Gasteiger partial charge in [0.1, 0.15) is 0 Å². The molecule has 2 saturated heterocycles. The average Bonchev–Trinajstić information content (AvgIpc) is 2.85. The maximum absolute atomic E-state index is 12.8. The van der Waals surface area contributed by atoms with Crippen LogP contribution in [0.3, 0.4) is 0 Å². The predicted molar refractivity (Wildman–Crippen MR) is 132 cm³/mol. The molecule has 0 aromatic heterocycles. The van der Waals surface area contributed by atoms with Crippen LogP contribution >= 0.6 is 0 Å². The predicted octanol–water partition coefficient (Wildman–Crippen LogP) is 4.08. The number of benzene rings is 2. The second-order valence-electron chi connectivity index (χ2n) is 9.37. The Kier molecular flexibility index (Phi) is 7.85. The van der Waals surface area contributed by atoms with Crippen molar-refractivity contribution in [3.05, 3.63) is 65.7 Å². The van der Waals surface area contributed by atoms with Gasteiger partial charge in [-0.15, -0.1) is 0 Å². The second kappa shape index (κ2) is 11.2. The number of piperazine rings is 1. The van der Waals surface area contributed by atoms with Crippen molar-refractivity contribution in [2.75, 3.05) is 44.2 Å². The minimum Gasteiger partial charge on any atom is -0.368 e. The molecule has 2 heterocycles. The molecule has 0 saturated carbocycles. The number of nitrogens with zero attached hydrogens (tertiary/aromatic N) is 4. The summed E-state index contributed by atoms with van der Waals surface area (Å²) >= 11 is 0. The Bertz CT molecular complexity index is 931. The van der Waals surface area contributed by atoms with Crippen LogP contribution in [0.5, 0.6) is 0 Å². The lowest BCUT2D eigenvalue weighted by Gasteiger charge is -2.41. The van der Waals surface area contributed by atoms with Crippen LogP contribution in [0.1, 0.15) is 37.3 Å². The summed E-state index contributed by atoms with van der Waals surface area (Å²) in [5, 5.41) is 12.1. The van der Waals surface area contributed by atoms with Crippen LogP contribution in [0.15, 0.2) is 54.6 Å². The summed E-state index contributed by atoms with van der Waals surface area (Å²) in [6, 6.07) is 20.7. The molecular formula is C27H35N5O. The van der Waals surface area contributed by atoms with Crippen LogP contribution in [0.4, 0.5) is 10.5 Å². The molecule has 0 radical (unpaired) electrons. The van der Waals surface area contributed by atoms with Gasteiger partial charge in [-0.1, -0.05) is 30.3 Å². The van der Waals surface area contributed by atoms with Crippen molar-refractivity contribution >= 4 is 11.7 Å². The molecule has 4 rings (SSSR count). The molecule has 2 aromatic rings. The summed E-state index contributed by atoms with van der Waals surface area (Å²) in [4.78, 5) is 19.6. The fourth-order valence-corrected chi connectivity index (χ4v) is 5.00. The average molecular weight is 446 g/mol. The van der Waals surface area contributed by atoms with Gasteiger partial charge in [0.15, 0.2) is 0 Å². The molecule has 0 unspecified atom stereocenters. The Balaban J connectivity index is 1.15. The van der Waals surface area contributed by atoms with Crippen LogP contribution in [-0.2, 0) is 6.54 Å². The lowest BCUT2D eigenvalue weighted by molar-refractivity contribution is 0.162. The molecule has 33 heavy (non-hydrogen) atoms. The molecular weight excluding hydrogens is 410 g/mol. The third kappa shape index (κ3) is 6.27. The zero-order valence-electron chi connectivity index (χ0n) is 19.6. The van der Waals surface area contributed by atoms with E-state index in [0.29, 0.717) is 18.0 Å². The van der Waals surface area contributed by atoms with Crippen LogP contribution in [0, 0.1) is 17.2 Å². The van der Waals surface area contributed by atoms with Crippen molar-refractivity contribution in [2.24, 2.45) is 5.92 Å². The van der Waals surface area contributed by atoms with Gasteiger partial charge < -0.3 is 15.1 Å². The number of urea groups is 1. The molecule has 2 aliphatic rings. The molecule has 2 aliphatic heterocycles. The molecule has 2 aromatic carbocycles. The van der Waals surface area contributed by atoms with E-state index in [2.05, 4.69) is 58.4 Å². The van der Waals surface area contributed by atoms with Crippen LogP contribution in [0.25, 0.3) is 0 Å². The minimum absolute atomic E-state index is 0.0588. The summed E-state index contributed by atoms with van der Waals surface area (Å²) in [5.74, 6) is 0.697. The molecule has 2 fully saturated rings. The van der Waals surface area contributed by atoms with E-state index in [1.165, 1.54) is 18.4 Å². The van der Waals surface area contributed by atoms with Gasteiger partial charge in [-0.2, -0.15) is 5.26 Å². The number of anilines is 1. The molecule has 1 N–H and O–H groups in total. The van der Waals surface area contributed by atoms with Gasteiger partial charge in [0, 0.05) is 44.5 Å². The van der Waals surface area contributed by atoms with Crippen LogP contribution < -0.4 is 10.2 Å². The number of amides is 2. The minimum atomic E-state index is 0.0588. The highest BCUT2D eigenvalue weighted by molar-refractivity contribution is 5.75. The third-order valence-corrected chi connectivity index (χ3v) is 7.03. The smallest absolute Gasteiger partial charge is 0.317 e. The van der Waals surface area contributed by atoms with Crippen LogP contribution in [-0.4, -0.2) is 61.1 Å². The summed E-state index contributed by atoms with van der Waals surface area (Å²) < 4.78 is 0. The maximum Gasteiger partial charge on any atom is 0.317 e. The number of hydrogen-bond donors (Lipinski definition) is 1. The van der Waals surface area contributed by atoms with Gasteiger partial charge in [-0.3, -0.25) is 4.90 Å². The number of hydrogen-bond acceptors (Lipinski definition) is 4. The quantitative estimate of drug-likeness (QED) is 0.728. The van der Waals surface area contributed by atoms with E-state index in [4.69, 9.17) is 5.26 Å². The molecule has 6 nitrogen and oxygen atoms in total. The zero-order valence-corrected chi connectivity index (χ0v) is 19.6. The first-order valence-corrected chi connectivity index (χ1v) is 12.2. The van der Waals surface area contributed by atoms with Crippen molar-refractivity contribution in [3.8, 4) is 6.07 Å². The molecule has 0 spiro atoms. The Labute approximate surface area is 197 Å². The second-order valence-corrected chi connectivity index (χ2v) is 9.37. The Morgan fingerprint density at radius 2 is 1.76 bits per heavy atom. The highest BCUT2D eigenvalue weighted by Crippen LogP contribution is 2.22. The largest absolute Gasteiger partial charge is 0.368 e. The first-order chi connectivity index (χ1) is 16.1. The number of nitrogens with one attached hydrogen (secondary N) is 1. The standard InChI is InChI=1S/C27H35N5O/c1-22-20-31(26-9-7-24(19-28)8-10-26)17-18-32(22)27(33)29-14-11-23-12-15-30(16-13-23)21-25-5-3-2-4-6-25/h2-10,22-23H,11-18,20-21H2,1H3,(H,29,33)/t22-/m1/s1. The van der Waals surface area contributed by atoms with Gasteiger partial charge in [-0.25, -0.2) is 4.79 Å². The monoisotopic (exact) mass is 445 g/mol. The number of likely N-dealkylation sites (tertiary alicyclic amines) is 1. The third-order valence-electron chi connectivity index (χ3n) is 7.03. The molecule has 1 atom stereocenters. The number of piperidine rings is 1. The topological polar surface area (TPSA) is 62.6 Å². The van der Waals surface area contributed by atoms with E-state index in [1.54, 1.807) is 0 Å². The summed E-state index contributed by atoms with van der Waals surface area (Å²) in [5.41, 5.74) is 3.17. The van der Waals surface area contributed by atoms with Gasteiger partial charge in [0.25, 0.3) is 0 Å². The lowest BCUT2D eigenvalue weighted by Crippen LogP contribution is -2.56. The van der Waals surface area contributed by atoms with E-state index in [-0.39, 0.29) is 12.1 Å². The van der Waals surface area contributed by atoms with Crippen molar-refractivity contribution in [2.45, 2.75) is 38.8 Å². The number of rotatable bonds is 6. The van der Waals surface area contributed by atoms with Gasteiger partial charge in [0.05, 0.1) is 11.6 Å². The molecule has 0 aliphatic carbocycles. The Morgan fingerprint density at radius 3 is 2.42 bits per heavy atom. The highest BCUT2D eigenvalue weighted by atomic mass is 16.2. The van der Waals surface area contributed by atoms with Gasteiger partial charge in [0.2, 0.25) is 0 Å². The van der Waals surface area contributed by atoms with Crippen molar-refractivity contribution in [3.63, 3.8) is 0 Å². The zero-order chi connectivity index (χ0) is 23.0. The SMILES string of the molecule is C[C@@H]1CN(c2ccc(C#N)cc2)CCN1C(=O)NCCC1CCN(Cc2ccccc2)CC1. The molecule has 0 bridgehead atoms. The van der Waals surface area contributed by atoms with E-state index < -0.39 is 0 Å². The van der Waals surface area contributed by atoms with E-state index in [1.807, 2.05) is 29.2 Å². The van der Waals surface area contributed by atoms with Crippen molar-refractivity contribution in [1.29, 1.82) is 5.26 Å². The first-order valence-electron chi connectivity index (χ1n) is 12.2.